The fourth-order valence-corrected chi connectivity index (χ4v) is 4.79. The van der Waals surface area contributed by atoms with Gasteiger partial charge in [0, 0.05) is 29.2 Å². The molecule has 0 amide bonds. The molecule has 1 unspecified atom stereocenters. The van der Waals surface area contributed by atoms with Gasteiger partial charge in [0.2, 0.25) is 0 Å². The molecule has 1 saturated heterocycles. The topological polar surface area (TPSA) is 76.0 Å². The van der Waals surface area contributed by atoms with Crippen LogP contribution in [0.5, 0.6) is 23.0 Å². The number of rotatable bonds is 0. The van der Waals surface area contributed by atoms with Crippen LogP contribution in [0.3, 0.4) is 0 Å². The Kier molecular flexibility index (Phi) is 2.87. The number of carbonyl (C=O) groups excluding carboxylic acids is 1. The number of phenolic OH excluding ortho intramolecular Hbond substituents is 2. The minimum absolute atomic E-state index is 0.0317. The summed E-state index contributed by atoms with van der Waals surface area (Å²) in [5, 5.41) is 19.7. The number of esters is 1. The second-order valence-corrected chi connectivity index (χ2v) is 7.12. The maximum atomic E-state index is 12.7. The van der Waals surface area contributed by atoms with Crippen molar-refractivity contribution in [3.05, 3.63) is 47.5 Å². The third-order valence-corrected chi connectivity index (χ3v) is 5.80. The molecule has 2 atom stereocenters. The number of aromatic hydroxyl groups is 2. The lowest BCUT2D eigenvalue weighted by molar-refractivity contribution is -0.149. The normalized spacial score (nSPS) is 25.5. The highest BCUT2D eigenvalue weighted by molar-refractivity contribution is 5.79. The summed E-state index contributed by atoms with van der Waals surface area (Å²) in [5.74, 6) is 0.863. The number of ether oxygens (including phenoxy) is 2. The summed E-state index contributed by atoms with van der Waals surface area (Å²) in [7, 11) is 0. The largest absolute Gasteiger partial charge is 0.508 e. The molecule has 0 aromatic heterocycles. The van der Waals surface area contributed by atoms with Crippen molar-refractivity contribution >= 4 is 5.97 Å². The zero-order valence-electron chi connectivity index (χ0n) is 13.6. The third kappa shape index (κ3) is 1.86. The predicted molar refractivity (Wildman–Crippen MR) is 88.6 cm³/mol. The summed E-state index contributed by atoms with van der Waals surface area (Å²) in [6.45, 7) is 0. The van der Waals surface area contributed by atoms with Crippen LogP contribution < -0.4 is 4.74 Å². The van der Waals surface area contributed by atoms with E-state index in [2.05, 4.69) is 0 Å². The van der Waals surface area contributed by atoms with E-state index in [-0.39, 0.29) is 29.3 Å². The minimum atomic E-state index is -0.910. The number of hydrogen-bond acceptors (Lipinski definition) is 5. The Labute approximate surface area is 144 Å². The number of fused-ring (bicyclic) bond motifs is 6. The molecular weight excluding hydrogens is 320 g/mol. The van der Waals surface area contributed by atoms with E-state index in [0.29, 0.717) is 11.5 Å². The summed E-state index contributed by atoms with van der Waals surface area (Å²) in [5.41, 5.74) is 0.629. The van der Waals surface area contributed by atoms with Gasteiger partial charge in [-0.15, -0.1) is 0 Å². The highest BCUT2D eigenvalue weighted by Gasteiger charge is 2.61. The van der Waals surface area contributed by atoms with Gasteiger partial charge in [-0.2, -0.15) is 0 Å². The highest BCUT2D eigenvalue weighted by atomic mass is 16.6. The van der Waals surface area contributed by atoms with Gasteiger partial charge in [-0.05, 0) is 37.1 Å². The van der Waals surface area contributed by atoms with Crippen LogP contribution in [-0.2, 0) is 15.1 Å². The second-order valence-electron chi connectivity index (χ2n) is 7.12. The Hall–Kier alpha value is -2.69. The van der Waals surface area contributed by atoms with Gasteiger partial charge in [-0.1, -0.05) is 12.8 Å². The van der Waals surface area contributed by atoms with Gasteiger partial charge < -0.3 is 19.7 Å². The fraction of sp³-hybridized carbons (Fsp3) is 0.350. The van der Waals surface area contributed by atoms with Crippen LogP contribution in [0.4, 0.5) is 0 Å². The molecule has 128 valence electrons. The van der Waals surface area contributed by atoms with Crippen molar-refractivity contribution in [1.82, 2.24) is 0 Å². The maximum Gasteiger partial charge on any atom is 0.310 e. The monoisotopic (exact) mass is 338 g/mol. The van der Waals surface area contributed by atoms with Crippen LogP contribution >= 0.6 is 0 Å². The van der Waals surface area contributed by atoms with Gasteiger partial charge in [-0.25, -0.2) is 0 Å². The molecule has 2 aliphatic heterocycles. The van der Waals surface area contributed by atoms with Gasteiger partial charge in [0.15, 0.2) is 5.60 Å². The van der Waals surface area contributed by atoms with E-state index in [0.717, 1.165) is 36.8 Å². The van der Waals surface area contributed by atoms with Crippen molar-refractivity contribution in [1.29, 1.82) is 0 Å². The van der Waals surface area contributed by atoms with E-state index in [1.165, 1.54) is 12.1 Å². The molecule has 1 saturated carbocycles. The van der Waals surface area contributed by atoms with Crippen molar-refractivity contribution < 1.29 is 24.5 Å². The van der Waals surface area contributed by atoms with Crippen LogP contribution in [0.25, 0.3) is 0 Å². The zero-order valence-corrected chi connectivity index (χ0v) is 13.6. The first kappa shape index (κ1) is 14.6. The zero-order chi connectivity index (χ0) is 17.2. The molecule has 3 aliphatic rings. The first-order valence-electron chi connectivity index (χ1n) is 8.67. The molecular formula is C20H18O5. The molecule has 5 nitrogen and oxygen atoms in total. The first-order chi connectivity index (χ1) is 12.1. The Morgan fingerprint density at radius 1 is 0.920 bits per heavy atom. The first-order valence-corrected chi connectivity index (χ1v) is 8.67. The Morgan fingerprint density at radius 2 is 1.52 bits per heavy atom. The molecule has 5 heteroatoms. The fourth-order valence-electron chi connectivity index (χ4n) is 4.79. The van der Waals surface area contributed by atoms with Gasteiger partial charge in [0.25, 0.3) is 0 Å². The molecule has 2 N–H and O–H groups in total. The van der Waals surface area contributed by atoms with E-state index >= 15 is 0 Å². The lowest BCUT2D eigenvalue weighted by Gasteiger charge is -2.41. The smallest absolute Gasteiger partial charge is 0.310 e. The third-order valence-electron chi connectivity index (χ3n) is 5.80. The summed E-state index contributed by atoms with van der Waals surface area (Å²) >= 11 is 0. The van der Waals surface area contributed by atoms with Gasteiger partial charge in [0.1, 0.15) is 23.0 Å². The Bertz CT molecular complexity index is 836. The quantitative estimate of drug-likeness (QED) is 0.714. The molecule has 2 aromatic rings. The molecule has 0 radical (unpaired) electrons. The average molecular weight is 338 g/mol. The molecule has 1 spiro atoms. The lowest BCUT2D eigenvalue weighted by atomic mass is 9.66. The Morgan fingerprint density at radius 3 is 2.16 bits per heavy atom. The summed E-state index contributed by atoms with van der Waals surface area (Å²) in [4.78, 5) is 12.7. The highest BCUT2D eigenvalue weighted by Crippen LogP contribution is 2.61. The molecule has 2 aromatic carbocycles. The number of benzene rings is 2. The lowest BCUT2D eigenvalue weighted by Crippen LogP contribution is -2.39. The van der Waals surface area contributed by atoms with Crippen molar-refractivity contribution in [2.75, 3.05) is 0 Å². The van der Waals surface area contributed by atoms with Gasteiger partial charge in [0.05, 0.1) is 5.92 Å². The molecule has 1 aliphatic carbocycles. The van der Waals surface area contributed by atoms with E-state index in [1.54, 1.807) is 24.3 Å². The van der Waals surface area contributed by atoms with Crippen molar-refractivity contribution in [2.24, 2.45) is 11.8 Å². The maximum absolute atomic E-state index is 12.7. The molecule has 2 fully saturated rings. The van der Waals surface area contributed by atoms with Crippen LogP contribution in [0.2, 0.25) is 0 Å². The summed E-state index contributed by atoms with van der Waals surface area (Å²) in [6, 6.07) is 9.83. The van der Waals surface area contributed by atoms with Gasteiger partial charge in [-0.3, -0.25) is 4.79 Å². The molecule has 2 heterocycles. The average Bonchev–Trinajstić information content (AvgIpc) is 2.88. The van der Waals surface area contributed by atoms with Gasteiger partial charge >= 0.3 is 5.97 Å². The number of hydrogen-bond donors (Lipinski definition) is 2. The second kappa shape index (κ2) is 4.91. The van der Waals surface area contributed by atoms with E-state index in [9.17, 15) is 15.0 Å². The number of carbonyl (C=O) groups is 1. The number of phenols is 2. The van der Waals surface area contributed by atoms with Crippen LogP contribution in [0.15, 0.2) is 36.4 Å². The molecule has 5 rings (SSSR count). The van der Waals surface area contributed by atoms with Crippen LogP contribution in [0.1, 0.15) is 36.8 Å². The van der Waals surface area contributed by atoms with Crippen LogP contribution in [0, 0.1) is 11.8 Å². The SMILES string of the molecule is O=C1OC2(c3ccc(O)cc3Oc3cc(O)ccc32)[C@H]2CCCCC12. The molecule has 0 bridgehead atoms. The summed E-state index contributed by atoms with van der Waals surface area (Å²) in [6.07, 6.45) is 3.83. The summed E-state index contributed by atoms with van der Waals surface area (Å²) < 4.78 is 12.0. The van der Waals surface area contributed by atoms with Crippen molar-refractivity contribution in [3.63, 3.8) is 0 Å². The van der Waals surface area contributed by atoms with E-state index in [4.69, 9.17) is 9.47 Å². The van der Waals surface area contributed by atoms with Crippen molar-refractivity contribution in [2.45, 2.75) is 31.3 Å². The predicted octanol–water partition coefficient (Wildman–Crippen LogP) is 3.81. The van der Waals surface area contributed by atoms with E-state index < -0.39 is 5.60 Å². The molecule has 25 heavy (non-hydrogen) atoms. The Balaban J connectivity index is 1.80. The van der Waals surface area contributed by atoms with Crippen molar-refractivity contribution in [3.8, 4) is 23.0 Å². The minimum Gasteiger partial charge on any atom is -0.508 e. The van der Waals surface area contributed by atoms with E-state index in [1.807, 2.05) is 0 Å². The standard InChI is InChI=1S/C20H18O5/c21-11-5-7-15-17(9-11)24-18-10-12(22)6-8-16(18)20(15)14-4-2-1-3-13(14)19(23)25-20/h5-10,13-14,21-22H,1-4H2/t13?,14-/m0/s1. The van der Waals surface area contributed by atoms with Crippen LogP contribution in [-0.4, -0.2) is 16.2 Å².